The summed E-state index contributed by atoms with van der Waals surface area (Å²) < 4.78 is 22.6. The molecule has 0 saturated heterocycles. The molecule has 1 aromatic carbocycles. The molecular formula is C19H31O5P. The van der Waals surface area contributed by atoms with Crippen molar-refractivity contribution in [2.45, 2.75) is 65.0 Å². The molecule has 0 spiro atoms. The molecule has 0 atom stereocenters. The lowest BCUT2D eigenvalue weighted by Gasteiger charge is -2.29. The van der Waals surface area contributed by atoms with Gasteiger partial charge < -0.3 is 14.2 Å². The van der Waals surface area contributed by atoms with E-state index in [1.165, 1.54) is 14.2 Å². The van der Waals surface area contributed by atoms with E-state index < -0.39 is 12.8 Å². The molecule has 0 fully saturated rings. The van der Waals surface area contributed by atoms with Gasteiger partial charge in [-0.25, -0.2) is 0 Å². The minimum atomic E-state index is -3.50. The van der Waals surface area contributed by atoms with Gasteiger partial charge in [-0.3, -0.25) is 9.36 Å². The maximum Gasteiger partial charge on any atom is 0.343 e. The van der Waals surface area contributed by atoms with Gasteiger partial charge in [-0.2, -0.15) is 0 Å². The van der Waals surface area contributed by atoms with E-state index in [1.54, 1.807) is 13.8 Å². The highest BCUT2D eigenvalue weighted by atomic mass is 31.2. The van der Waals surface area contributed by atoms with Crippen molar-refractivity contribution in [3.8, 4) is 5.75 Å². The summed E-state index contributed by atoms with van der Waals surface area (Å²) in [6, 6.07) is 3.83. The van der Waals surface area contributed by atoms with E-state index in [0.717, 1.165) is 16.7 Å². The molecule has 0 aliphatic heterocycles. The van der Waals surface area contributed by atoms with Crippen LogP contribution >= 0.6 is 7.60 Å². The van der Waals surface area contributed by atoms with Gasteiger partial charge in [0.15, 0.2) is 5.78 Å². The first kappa shape index (κ1) is 21.9. The fraction of sp³-hybridized carbons (Fsp3) is 0.632. The number of phenols is 1. The van der Waals surface area contributed by atoms with Crippen LogP contribution < -0.4 is 0 Å². The second kappa shape index (κ2) is 7.61. The average molecular weight is 370 g/mol. The lowest BCUT2D eigenvalue weighted by atomic mass is 9.83. The first-order chi connectivity index (χ1) is 11.3. The molecule has 1 rings (SSSR count). The summed E-state index contributed by atoms with van der Waals surface area (Å²) in [5.41, 5.74) is 2.41. The topological polar surface area (TPSA) is 72.8 Å². The Morgan fingerprint density at radius 3 is 2.08 bits per heavy atom. The highest BCUT2D eigenvalue weighted by Gasteiger charge is 2.47. The molecule has 0 heterocycles. The molecule has 0 aromatic heterocycles. The lowest BCUT2D eigenvalue weighted by Crippen LogP contribution is -2.33. The fourth-order valence-electron chi connectivity index (χ4n) is 2.82. The third-order valence-electron chi connectivity index (χ3n) is 4.66. The number of aryl methyl sites for hydroxylation is 2. The second-order valence-electron chi connectivity index (χ2n) is 7.90. The van der Waals surface area contributed by atoms with Gasteiger partial charge in [-0.15, -0.1) is 0 Å². The van der Waals surface area contributed by atoms with Crippen LogP contribution in [0.1, 0.15) is 57.7 Å². The Labute approximate surface area is 151 Å². The zero-order valence-corrected chi connectivity index (χ0v) is 17.5. The Balaban J connectivity index is 3.04. The normalized spacial score (nSPS) is 13.1. The fourth-order valence-corrected chi connectivity index (χ4v) is 4.30. The van der Waals surface area contributed by atoms with Gasteiger partial charge in [-0.05, 0) is 49.3 Å². The highest BCUT2D eigenvalue weighted by molar-refractivity contribution is 7.56. The Morgan fingerprint density at radius 1 is 1.12 bits per heavy atom. The maximum atomic E-state index is 12.7. The number of hydrogen-bond donors (Lipinski definition) is 1. The molecule has 0 aliphatic rings. The Hall–Kier alpha value is -1.16. The van der Waals surface area contributed by atoms with Gasteiger partial charge in [0.2, 0.25) is 0 Å². The van der Waals surface area contributed by atoms with Crippen LogP contribution in [0.3, 0.4) is 0 Å². The van der Waals surface area contributed by atoms with Crippen LogP contribution in [0.5, 0.6) is 5.75 Å². The van der Waals surface area contributed by atoms with Crippen molar-refractivity contribution in [3.05, 3.63) is 28.8 Å². The van der Waals surface area contributed by atoms with Crippen LogP contribution in [0.15, 0.2) is 12.1 Å². The number of ketones is 1. The Morgan fingerprint density at radius 2 is 1.64 bits per heavy atom. The molecule has 0 unspecified atom stereocenters. The van der Waals surface area contributed by atoms with Crippen LogP contribution in [-0.2, 0) is 30.2 Å². The van der Waals surface area contributed by atoms with E-state index in [9.17, 15) is 14.5 Å². The van der Waals surface area contributed by atoms with Crippen molar-refractivity contribution >= 4 is 13.4 Å². The van der Waals surface area contributed by atoms with Crippen molar-refractivity contribution < 1.29 is 23.5 Å². The Bertz CT molecular complexity index is 678. The number of carbonyl (C=O) groups excluding carboxylic acids is 1. The second-order valence-corrected chi connectivity index (χ2v) is 10.7. The number of phenolic OH excluding ortho intramolecular Hbond substituents is 1. The summed E-state index contributed by atoms with van der Waals surface area (Å²) in [7, 11) is -0.925. The molecule has 6 heteroatoms. The smallest absolute Gasteiger partial charge is 0.343 e. The number of Topliss-reactive ketones (excluding diaryl/α,β-unsaturated/α-hetero) is 1. The van der Waals surface area contributed by atoms with Crippen molar-refractivity contribution in [3.63, 3.8) is 0 Å². The molecule has 0 radical (unpaired) electrons. The summed E-state index contributed by atoms with van der Waals surface area (Å²) in [6.45, 7) is 11.1. The summed E-state index contributed by atoms with van der Waals surface area (Å²) in [5, 5.41) is 9.08. The first-order valence-corrected chi connectivity index (χ1v) is 9.92. The van der Waals surface area contributed by atoms with Crippen LogP contribution in [0.4, 0.5) is 0 Å². The predicted molar refractivity (Wildman–Crippen MR) is 101 cm³/mol. The van der Waals surface area contributed by atoms with E-state index in [1.807, 2.05) is 39.8 Å². The van der Waals surface area contributed by atoms with Crippen LogP contribution in [0, 0.1) is 6.92 Å². The molecule has 0 aliphatic carbocycles. The van der Waals surface area contributed by atoms with Gasteiger partial charge in [0.1, 0.15) is 10.9 Å². The van der Waals surface area contributed by atoms with Crippen molar-refractivity contribution in [1.29, 1.82) is 0 Å². The minimum absolute atomic E-state index is 0.178. The zero-order valence-electron chi connectivity index (χ0n) is 16.6. The lowest BCUT2D eigenvalue weighted by molar-refractivity contribution is -0.121. The predicted octanol–water partition coefficient (Wildman–Crippen LogP) is 4.76. The first-order valence-electron chi connectivity index (χ1n) is 8.38. The summed E-state index contributed by atoms with van der Waals surface area (Å²) >= 11 is 0. The molecule has 0 amide bonds. The number of benzene rings is 1. The van der Waals surface area contributed by atoms with Crippen LogP contribution in [0.2, 0.25) is 0 Å². The molecule has 0 saturated carbocycles. The standard InChI is InChI=1S/C19H31O5P/c1-13-11-14(12-15(17(13)21)18(2,3)4)9-10-16(20)19(5,6)25(22,23-7)24-8/h11-12,21H,9-10H2,1-8H3. The van der Waals surface area contributed by atoms with Crippen molar-refractivity contribution in [2.75, 3.05) is 14.2 Å². The molecule has 1 N–H and O–H groups in total. The third-order valence-corrected chi connectivity index (χ3v) is 7.24. The third kappa shape index (κ3) is 4.52. The molecule has 25 heavy (non-hydrogen) atoms. The number of aromatic hydroxyl groups is 1. The van der Waals surface area contributed by atoms with Gasteiger partial charge in [0.05, 0.1) is 0 Å². The van der Waals surface area contributed by atoms with Crippen molar-refractivity contribution in [2.24, 2.45) is 0 Å². The van der Waals surface area contributed by atoms with E-state index in [4.69, 9.17) is 9.05 Å². The van der Waals surface area contributed by atoms with E-state index in [-0.39, 0.29) is 17.6 Å². The van der Waals surface area contributed by atoms with Gasteiger partial charge in [0.25, 0.3) is 0 Å². The van der Waals surface area contributed by atoms with Crippen molar-refractivity contribution in [1.82, 2.24) is 0 Å². The van der Waals surface area contributed by atoms with Gasteiger partial charge >= 0.3 is 7.60 Å². The summed E-state index contributed by atoms with van der Waals surface area (Å²) in [5.74, 6) is 0.119. The number of carbonyl (C=O) groups is 1. The Kier molecular flexibility index (Phi) is 6.66. The zero-order chi connectivity index (χ0) is 19.6. The summed E-state index contributed by atoms with van der Waals surface area (Å²) in [4.78, 5) is 12.7. The van der Waals surface area contributed by atoms with Gasteiger partial charge in [0, 0.05) is 20.6 Å². The van der Waals surface area contributed by atoms with E-state index in [2.05, 4.69) is 0 Å². The minimum Gasteiger partial charge on any atom is -0.507 e. The highest BCUT2D eigenvalue weighted by Crippen LogP contribution is 2.59. The van der Waals surface area contributed by atoms with E-state index in [0.29, 0.717) is 12.2 Å². The monoisotopic (exact) mass is 370 g/mol. The molecule has 0 bridgehead atoms. The quantitative estimate of drug-likeness (QED) is 0.700. The largest absolute Gasteiger partial charge is 0.507 e. The maximum absolute atomic E-state index is 12.7. The molecule has 142 valence electrons. The molecular weight excluding hydrogens is 339 g/mol. The SMILES string of the molecule is COP(=O)(OC)C(C)(C)C(=O)CCc1cc(C)c(O)c(C(C)(C)C)c1. The number of hydrogen-bond acceptors (Lipinski definition) is 5. The van der Waals surface area contributed by atoms with Crippen LogP contribution in [0.25, 0.3) is 0 Å². The average Bonchev–Trinajstić information content (AvgIpc) is 2.53. The number of rotatable bonds is 7. The van der Waals surface area contributed by atoms with E-state index >= 15 is 0 Å². The van der Waals surface area contributed by atoms with Gasteiger partial charge in [-0.1, -0.05) is 32.9 Å². The molecule has 5 nitrogen and oxygen atoms in total. The van der Waals surface area contributed by atoms with Crippen LogP contribution in [-0.4, -0.2) is 30.3 Å². The summed E-state index contributed by atoms with van der Waals surface area (Å²) in [6.07, 6.45) is 0.720. The molecule has 1 aromatic rings.